The summed E-state index contributed by atoms with van der Waals surface area (Å²) in [4.78, 5) is 28.9. The van der Waals surface area contributed by atoms with E-state index in [-0.39, 0.29) is 17.5 Å². The highest BCUT2D eigenvalue weighted by Gasteiger charge is 2.24. The SMILES string of the molecule is N#Cc1ccc(-c2c[nH]n(-c3ccc(C(=O)NC4CC4)cn3)c2=O)cc1. The summed E-state index contributed by atoms with van der Waals surface area (Å²) in [5.74, 6) is 0.251. The number of hydrogen-bond acceptors (Lipinski definition) is 4. The van der Waals surface area contributed by atoms with Crippen molar-refractivity contribution < 1.29 is 4.79 Å². The topological polar surface area (TPSA) is 104 Å². The molecule has 1 amide bonds. The van der Waals surface area contributed by atoms with Crippen LogP contribution >= 0.6 is 0 Å². The number of nitriles is 1. The van der Waals surface area contributed by atoms with Crippen LogP contribution in [0.2, 0.25) is 0 Å². The van der Waals surface area contributed by atoms with E-state index in [2.05, 4.69) is 15.4 Å². The molecule has 1 saturated carbocycles. The van der Waals surface area contributed by atoms with Gasteiger partial charge in [0.25, 0.3) is 11.5 Å². The van der Waals surface area contributed by atoms with Crippen LogP contribution in [0.4, 0.5) is 0 Å². The number of carbonyl (C=O) groups is 1. The molecular formula is C19H15N5O2. The lowest BCUT2D eigenvalue weighted by Crippen LogP contribution is -2.25. The summed E-state index contributed by atoms with van der Waals surface area (Å²) in [5, 5.41) is 14.6. The largest absolute Gasteiger partial charge is 0.349 e. The van der Waals surface area contributed by atoms with Gasteiger partial charge in [-0.05, 0) is 42.7 Å². The summed E-state index contributed by atoms with van der Waals surface area (Å²) in [6.45, 7) is 0. The van der Waals surface area contributed by atoms with Crippen LogP contribution in [0.5, 0.6) is 0 Å². The van der Waals surface area contributed by atoms with E-state index in [0.717, 1.165) is 12.8 Å². The molecule has 2 heterocycles. The van der Waals surface area contributed by atoms with E-state index in [4.69, 9.17) is 5.26 Å². The van der Waals surface area contributed by atoms with Crippen LogP contribution in [0, 0.1) is 11.3 Å². The maximum absolute atomic E-state index is 12.6. The Bertz CT molecular complexity index is 1050. The summed E-state index contributed by atoms with van der Waals surface area (Å²) >= 11 is 0. The van der Waals surface area contributed by atoms with Crippen molar-refractivity contribution in [3.8, 4) is 23.0 Å². The Morgan fingerprint density at radius 2 is 2.00 bits per heavy atom. The second kappa shape index (κ2) is 6.33. The number of hydrogen-bond donors (Lipinski definition) is 2. The van der Waals surface area contributed by atoms with E-state index in [1.165, 1.54) is 10.9 Å². The summed E-state index contributed by atoms with van der Waals surface area (Å²) in [6, 6.07) is 12.4. The lowest BCUT2D eigenvalue weighted by Gasteiger charge is -2.04. The number of rotatable bonds is 4. The highest BCUT2D eigenvalue weighted by molar-refractivity contribution is 5.94. The third-order valence-electron chi connectivity index (χ3n) is 4.25. The molecule has 0 aliphatic heterocycles. The first-order valence-electron chi connectivity index (χ1n) is 8.24. The van der Waals surface area contributed by atoms with Crippen LogP contribution in [0.1, 0.15) is 28.8 Å². The van der Waals surface area contributed by atoms with Gasteiger partial charge in [-0.15, -0.1) is 0 Å². The number of benzene rings is 1. The molecule has 1 aliphatic rings. The first-order valence-corrected chi connectivity index (χ1v) is 8.24. The molecule has 2 N–H and O–H groups in total. The lowest BCUT2D eigenvalue weighted by molar-refractivity contribution is 0.0950. The van der Waals surface area contributed by atoms with Crippen LogP contribution in [0.3, 0.4) is 0 Å². The van der Waals surface area contributed by atoms with Crippen molar-refractivity contribution in [2.75, 3.05) is 0 Å². The fraction of sp³-hybridized carbons (Fsp3) is 0.158. The van der Waals surface area contributed by atoms with Crippen molar-refractivity contribution in [1.29, 1.82) is 5.26 Å². The number of aromatic amines is 1. The van der Waals surface area contributed by atoms with Gasteiger partial charge in [0.2, 0.25) is 0 Å². The first kappa shape index (κ1) is 15.8. The predicted octanol–water partition coefficient (Wildman–Crippen LogP) is 1.99. The monoisotopic (exact) mass is 345 g/mol. The number of H-pyrrole nitrogens is 1. The molecule has 1 aromatic carbocycles. The zero-order chi connectivity index (χ0) is 18.1. The quantitative estimate of drug-likeness (QED) is 0.754. The second-order valence-corrected chi connectivity index (χ2v) is 6.17. The van der Waals surface area contributed by atoms with Crippen molar-refractivity contribution in [1.82, 2.24) is 20.1 Å². The van der Waals surface area contributed by atoms with Gasteiger partial charge >= 0.3 is 0 Å². The molecule has 0 radical (unpaired) electrons. The number of pyridine rings is 1. The van der Waals surface area contributed by atoms with Crippen LogP contribution in [-0.4, -0.2) is 26.7 Å². The zero-order valence-electron chi connectivity index (χ0n) is 13.8. The zero-order valence-corrected chi connectivity index (χ0v) is 13.8. The van der Waals surface area contributed by atoms with Gasteiger partial charge in [0.1, 0.15) is 0 Å². The summed E-state index contributed by atoms with van der Waals surface area (Å²) in [5.41, 5.74) is 1.94. The fourth-order valence-corrected chi connectivity index (χ4v) is 2.62. The Balaban J connectivity index is 1.60. The van der Waals surface area contributed by atoms with Crippen molar-refractivity contribution in [3.63, 3.8) is 0 Å². The third-order valence-corrected chi connectivity index (χ3v) is 4.25. The van der Waals surface area contributed by atoms with E-state index >= 15 is 0 Å². The van der Waals surface area contributed by atoms with Gasteiger partial charge in [-0.3, -0.25) is 14.7 Å². The van der Waals surface area contributed by atoms with Crippen molar-refractivity contribution in [3.05, 3.63) is 70.3 Å². The van der Waals surface area contributed by atoms with E-state index in [0.29, 0.717) is 28.1 Å². The standard InChI is InChI=1S/C19H15N5O2/c20-9-12-1-3-13(4-2-12)16-11-22-24(19(16)26)17-8-5-14(10-21-17)18(25)23-15-6-7-15/h1-5,8,10-11,15,22H,6-7H2,(H,23,25). The highest BCUT2D eigenvalue weighted by Crippen LogP contribution is 2.19. The minimum atomic E-state index is -0.252. The number of nitrogens with one attached hydrogen (secondary N) is 2. The number of carbonyl (C=O) groups excluding carboxylic acids is 1. The van der Waals surface area contributed by atoms with E-state index in [1.807, 2.05) is 6.07 Å². The number of nitrogens with zero attached hydrogens (tertiary/aromatic N) is 3. The van der Waals surface area contributed by atoms with E-state index < -0.39 is 0 Å². The normalized spacial score (nSPS) is 13.2. The van der Waals surface area contributed by atoms with Crippen LogP contribution in [0.15, 0.2) is 53.6 Å². The van der Waals surface area contributed by atoms with Gasteiger partial charge in [0.15, 0.2) is 5.82 Å². The van der Waals surface area contributed by atoms with Crippen LogP contribution < -0.4 is 10.9 Å². The summed E-state index contributed by atoms with van der Waals surface area (Å²) in [7, 11) is 0. The summed E-state index contributed by atoms with van der Waals surface area (Å²) < 4.78 is 1.32. The third kappa shape index (κ3) is 3.00. The first-order chi connectivity index (χ1) is 12.7. The van der Waals surface area contributed by atoms with Gasteiger partial charge in [0.05, 0.1) is 22.8 Å². The molecule has 1 fully saturated rings. The minimum Gasteiger partial charge on any atom is -0.349 e. The molecule has 26 heavy (non-hydrogen) atoms. The molecule has 2 aromatic heterocycles. The average molecular weight is 345 g/mol. The highest BCUT2D eigenvalue weighted by atomic mass is 16.2. The molecule has 0 spiro atoms. The Hall–Kier alpha value is -3.66. The van der Waals surface area contributed by atoms with Gasteiger partial charge in [0, 0.05) is 18.4 Å². The minimum absolute atomic E-state index is 0.149. The molecule has 1 aliphatic carbocycles. The number of amides is 1. The Kier molecular flexibility index (Phi) is 3.86. The van der Waals surface area contributed by atoms with E-state index in [9.17, 15) is 9.59 Å². The van der Waals surface area contributed by atoms with Gasteiger partial charge in [-0.1, -0.05) is 12.1 Å². The molecule has 0 atom stereocenters. The van der Waals surface area contributed by atoms with E-state index in [1.54, 1.807) is 42.6 Å². The molecular weight excluding hydrogens is 330 g/mol. The lowest BCUT2D eigenvalue weighted by atomic mass is 10.1. The van der Waals surface area contributed by atoms with Gasteiger partial charge in [-0.2, -0.15) is 5.26 Å². The molecule has 3 aromatic rings. The molecule has 0 unspecified atom stereocenters. The Morgan fingerprint density at radius 1 is 1.23 bits per heavy atom. The summed E-state index contributed by atoms with van der Waals surface area (Å²) in [6.07, 6.45) is 5.10. The molecule has 0 bridgehead atoms. The van der Waals surface area contributed by atoms with Crippen molar-refractivity contribution >= 4 is 5.91 Å². The molecule has 0 saturated heterocycles. The van der Waals surface area contributed by atoms with Crippen molar-refractivity contribution in [2.45, 2.75) is 18.9 Å². The Morgan fingerprint density at radius 3 is 2.62 bits per heavy atom. The molecule has 4 rings (SSSR count). The average Bonchev–Trinajstić information content (AvgIpc) is 3.41. The second-order valence-electron chi connectivity index (χ2n) is 6.17. The fourth-order valence-electron chi connectivity index (χ4n) is 2.62. The predicted molar refractivity (Wildman–Crippen MR) is 94.8 cm³/mol. The number of aromatic nitrogens is 3. The molecule has 7 heteroatoms. The molecule has 7 nitrogen and oxygen atoms in total. The van der Waals surface area contributed by atoms with Crippen molar-refractivity contribution in [2.24, 2.45) is 0 Å². The van der Waals surface area contributed by atoms with Crippen LogP contribution in [0.25, 0.3) is 16.9 Å². The maximum atomic E-state index is 12.6. The maximum Gasteiger partial charge on any atom is 0.280 e. The smallest absolute Gasteiger partial charge is 0.280 e. The van der Waals surface area contributed by atoms with Crippen LogP contribution in [-0.2, 0) is 0 Å². The van der Waals surface area contributed by atoms with Gasteiger partial charge < -0.3 is 5.32 Å². The Labute approximate surface area is 148 Å². The van der Waals surface area contributed by atoms with Gasteiger partial charge in [-0.25, -0.2) is 9.67 Å². The molecule has 128 valence electrons.